The van der Waals surface area contributed by atoms with Crippen LogP contribution in [0.2, 0.25) is 0 Å². The molecule has 2 aromatic rings. The predicted molar refractivity (Wildman–Crippen MR) is 85.1 cm³/mol. The molecule has 1 saturated heterocycles. The Morgan fingerprint density at radius 3 is 3.00 bits per heavy atom. The first-order valence-electron chi connectivity index (χ1n) is 7.21. The van der Waals surface area contributed by atoms with E-state index in [-0.39, 0.29) is 0 Å². The average Bonchev–Trinajstić information content (AvgIpc) is 2.83. The van der Waals surface area contributed by atoms with Crippen LogP contribution in [0.5, 0.6) is 0 Å². The highest BCUT2D eigenvalue weighted by molar-refractivity contribution is 5.93. The number of hydrogen-bond donors (Lipinski definition) is 1. The molecule has 0 amide bonds. The van der Waals surface area contributed by atoms with E-state index in [0.717, 1.165) is 17.7 Å². The molecular weight excluding hydrogens is 248 g/mol. The zero-order chi connectivity index (χ0) is 14.1. The number of benzene rings is 1. The quantitative estimate of drug-likeness (QED) is 0.870. The molecule has 0 bridgehead atoms. The van der Waals surface area contributed by atoms with Crippen LogP contribution in [0.1, 0.15) is 12.8 Å². The zero-order valence-electron chi connectivity index (χ0n) is 12.2. The maximum Gasteiger partial charge on any atom is 0.0743 e. The van der Waals surface area contributed by atoms with Crippen LogP contribution in [0.4, 0.5) is 11.4 Å². The fraction of sp³-hybridized carbons (Fsp3) is 0.438. The number of nitrogens with two attached hydrogens (primary N) is 1. The minimum absolute atomic E-state index is 0.650. The van der Waals surface area contributed by atoms with E-state index >= 15 is 0 Å². The van der Waals surface area contributed by atoms with Crippen LogP contribution in [0.15, 0.2) is 30.5 Å². The Bertz CT molecular complexity index is 610. The molecule has 1 aliphatic heterocycles. The molecule has 0 saturated carbocycles. The van der Waals surface area contributed by atoms with Gasteiger partial charge in [-0.15, -0.1) is 0 Å². The summed E-state index contributed by atoms with van der Waals surface area (Å²) in [6.45, 7) is 2.27. The third-order valence-electron chi connectivity index (χ3n) is 4.31. The highest BCUT2D eigenvalue weighted by Gasteiger charge is 2.22. The Labute approximate surface area is 120 Å². The number of anilines is 2. The Balaban J connectivity index is 1.89. The Morgan fingerprint density at radius 2 is 2.25 bits per heavy atom. The first-order valence-corrected chi connectivity index (χ1v) is 7.21. The minimum atomic E-state index is 0.650. The largest absolute Gasteiger partial charge is 0.399 e. The van der Waals surface area contributed by atoms with E-state index in [4.69, 9.17) is 5.73 Å². The average molecular weight is 270 g/mol. The lowest BCUT2D eigenvalue weighted by atomic mass is 10.1. The second-order valence-corrected chi connectivity index (χ2v) is 5.76. The van der Waals surface area contributed by atoms with Crippen LogP contribution < -0.4 is 10.6 Å². The summed E-state index contributed by atoms with van der Waals surface area (Å²) in [5.74, 6) is 0. The molecule has 0 spiro atoms. The summed E-state index contributed by atoms with van der Waals surface area (Å²) in [5.41, 5.74) is 8.80. The molecule has 2 heterocycles. The normalized spacial score (nSPS) is 19.6. The summed E-state index contributed by atoms with van der Waals surface area (Å²) >= 11 is 0. The zero-order valence-corrected chi connectivity index (χ0v) is 12.2. The van der Waals surface area contributed by atoms with Gasteiger partial charge in [-0.05, 0) is 50.7 Å². The van der Waals surface area contributed by atoms with E-state index in [1.807, 2.05) is 18.3 Å². The van der Waals surface area contributed by atoms with Crippen LogP contribution in [-0.4, -0.2) is 43.1 Å². The molecule has 1 aliphatic rings. The van der Waals surface area contributed by atoms with Gasteiger partial charge in [0.15, 0.2) is 0 Å². The van der Waals surface area contributed by atoms with Crippen molar-refractivity contribution in [1.29, 1.82) is 0 Å². The summed E-state index contributed by atoms with van der Waals surface area (Å²) in [7, 11) is 4.38. The number of likely N-dealkylation sites (N-methyl/N-ethyl adjacent to an activating group) is 2. The number of nitrogen functional groups attached to an aromatic ring is 1. The van der Waals surface area contributed by atoms with Crippen LogP contribution in [0.3, 0.4) is 0 Å². The van der Waals surface area contributed by atoms with E-state index in [1.54, 1.807) is 0 Å². The third-order valence-corrected chi connectivity index (χ3v) is 4.31. The number of fused-ring (bicyclic) bond motifs is 1. The van der Waals surface area contributed by atoms with Gasteiger partial charge in [0, 0.05) is 42.6 Å². The van der Waals surface area contributed by atoms with Crippen LogP contribution in [0, 0.1) is 0 Å². The van der Waals surface area contributed by atoms with Crippen molar-refractivity contribution in [3.05, 3.63) is 30.5 Å². The Kier molecular flexibility index (Phi) is 3.49. The van der Waals surface area contributed by atoms with E-state index in [1.165, 1.54) is 30.5 Å². The summed E-state index contributed by atoms with van der Waals surface area (Å²) in [6.07, 6.45) is 4.46. The standard InChI is InChI=1S/C16H22N4/c1-19-9-3-4-13(19)11-20(2)16-7-8-18-15-10-12(17)5-6-14(15)16/h5-8,10,13H,3-4,9,11,17H2,1-2H3. The lowest BCUT2D eigenvalue weighted by Gasteiger charge is -2.28. The predicted octanol–water partition coefficient (Wildman–Crippen LogP) is 2.35. The fourth-order valence-corrected chi connectivity index (χ4v) is 3.11. The molecule has 1 fully saturated rings. The van der Waals surface area contributed by atoms with Gasteiger partial charge in [0.05, 0.1) is 5.52 Å². The number of nitrogens with zero attached hydrogens (tertiary/aromatic N) is 3. The van der Waals surface area contributed by atoms with E-state index in [9.17, 15) is 0 Å². The summed E-state index contributed by atoms with van der Waals surface area (Å²) < 4.78 is 0. The molecule has 1 unspecified atom stereocenters. The molecule has 4 heteroatoms. The van der Waals surface area contributed by atoms with Gasteiger partial charge in [-0.25, -0.2) is 0 Å². The van der Waals surface area contributed by atoms with Crippen LogP contribution >= 0.6 is 0 Å². The smallest absolute Gasteiger partial charge is 0.0743 e. The lowest BCUT2D eigenvalue weighted by Crippen LogP contribution is -2.36. The van der Waals surface area contributed by atoms with Crippen molar-refractivity contribution in [2.24, 2.45) is 0 Å². The van der Waals surface area contributed by atoms with Gasteiger partial charge in [-0.3, -0.25) is 4.98 Å². The van der Waals surface area contributed by atoms with Crippen LogP contribution in [-0.2, 0) is 0 Å². The highest BCUT2D eigenvalue weighted by Crippen LogP contribution is 2.27. The van der Waals surface area contributed by atoms with Gasteiger partial charge in [0.25, 0.3) is 0 Å². The SMILES string of the molecule is CN(CC1CCCN1C)c1ccnc2cc(N)ccc12. The number of pyridine rings is 1. The van der Waals surface area contributed by atoms with Crippen molar-refractivity contribution < 1.29 is 0 Å². The van der Waals surface area contributed by atoms with E-state index < -0.39 is 0 Å². The lowest BCUT2D eigenvalue weighted by molar-refractivity contribution is 0.314. The maximum atomic E-state index is 5.84. The summed E-state index contributed by atoms with van der Waals surface area (Å²) in [4.78, 5) is 9.21. The van der Waals surface area contributed by atoms with Crippen molar-refractivity contribution in [2.45, 2.75) is 18.9 Å². The minimum Gasteiger partial charge on any atom is -0.399 e. The number of hydrogen-bond acceptors (Lipinski definition) is 4. The van der Waals surface area contributed by atoms with Crippen molar-refractivity contribution in [3.63, 3.8) is 0 Å². The first kappa shape index (κ1) is 13.2. The van der Waals surface area contributed by atoms with Crippen LogP contribution in [0.25, 0.3) is 10.9 Å². The van der Waals surface area contributed by atoms with Gasteiger partial charge in [0.1, 0.15) is 0 Å². The number of likely N-dealkylation sites (tertiary alicyclic amines) is 1. The Morgan fingerprint density at radius 1 is 1.40 bits per heavy atom. The first-order chi connectivity index (χ1) is 9.65. The van der Waals surface area contributed by atoms with Crippen molar-refractivity contribution >= 4 is 22.3 Å². The van der Waals surface area contributed by atoms with E-state index in [0.29, 0.717) is 6.04 Å². The van der Waals surface area contributed by atoms with Gasteiger partial charge in [-0.2, -0.15) is 0 Å². The van der Waals surface area contributed by atoms with Crippen molar-refractivity contribution in [3.8, 4) is 0 Å². The highest BCUT2D eigenvalue weighted by atomic mass is 15.2. The molecular formula is C16H22N4. The molecule has 3 rings (SSSR count). The van der Waals surface area contributed by atoms with E-state index in [2.05, 4.69) is 41.0 Å². The monoisotopic (exact) mass is 270 g/mol. The summed E-state index contributed by atoms with van der Waals surface area (Å²) in [6, 6.07) is 8.70. The molecule has 2 N–H and O–H groups in total. The Hall–Kier alpha value is -1.81. The number of rotatable bonds is 3. The molecule has 20 heavy (non-hydrogen) atoms. The molecule has 1 aromatic carbocycles. The van der Waals surface area contributed by atoms with Gasteiger partial charge >= 0.3 is 0 Å². The van der Waals surface area contributed by atoms with Crippen molar-refractivity contribution in [1.82, 2.24) is 9.88 Å². The topological polar surface area (TPSA) is 45.4 Å². The number of aromatic nitrogens is 1. The van der Waals surface area contributed by atoms with Gasteiger partial charge in [-0.1, -0.05) is 0 Å². The fourth-order valence-electron chi connectivity index (χ4n) is 3.11. The van der Waals surface area contributed by atoms with Gasteiger partial charge < -0.3 is 15.5 Å². The molecule has 106 valence electrons. The molecule has 0 radical (unpaired) electrons. The third kappa shape index (κ3) is 2.43. The maximum absolute atomic E-state index is 5.84. The second kappa shape index (κ2) is 5.29. The van der Waals surface area contributed by atoms with Crippen molar-refractivity contribution in [2.75, 3.05) is 37.8 Å². The second-order valence-electron chi connectivity index (χ2n) is 5.76. The van der Waals surface area contributed by atoms with Gasteiger partial charge in [0.2, 0.25) is 0 Å². The molecule has 4 nitrogen and oxygen atoms in total. The molecule has 1 atom stereocenters. The molecule has 0 aliphatic carbocycles. The summed E-state index contributed by atoms with van der Waals surface area (Å²) in [5, 5.41) is 1.17. The molecule has 1 aromatic heterocycles.